The molecule has 0 saturated carbocycles. The maximum absolute atomic E-state index is 13.4. The van der Waals surface area contributed by atoms with E-state index in [1.807, 2.05) is 43.3 Å². The van der Waals surface area contributed by atoms with E-state index in [2.05, 4.69) is 11.8 Å². The van der Waals surface area contributed by atoms with Crippen LogP contribution in [-0.4, -0.2) is 78.7 Å². The summed E-state index contributed by atoms with van der Waals surface area (Å²) < 4.78 is 17.2. The first-order chi connectivity index (χ1) is 18.5. The van der Waals surface area contributed by atoms with Crippen molar-refractivity contribution in [2.75, 3.05) is 46.0 Å². The molecule has 2 aromatic carbocycles. The van der Waals surface area contributed by atoms with Crippen molar-refractivity contribution >= 4 is 17.4 Å². The van der Waals surface area contributed by atoms with Gasteiger partial charge in [-0.1, -0.05) is 25.5 Å². The number of aliphatic hydroxyl groups is 1. The van der Waals surface area contributed by atoms with Gasteiger partial charge in [0.15, 0.2) is 0 Å². The summed E-state index contributed by atoms with van der Waals surface area (Å²) >= 11 is 0. The lowest BCUT2D eigenvalue weighted by Crippen LogP contribution is -2.42. The minimum absolute atomic E-state index is 0.0589. The van der Waals surface area contributed by atoms with Crippen LogP contribution in [0.1, 0.15) is 49.4 Å². The molecule has 2 aromatic rings. The van der Waals surface area contributed by atoms with Gasteiger partial charge < -0.3 is 24.2 Å². The van der Waals surface area contributed by atoms with Gasteiger partial charge in [-0.25, -0.2) is 0 Å². The number of morpholine rings is 1. The largest absolute Gasteiger partial charge is 0.507 e. The number of carbonyl (C=O) groups excluding carboxylic acids is 2. The molecule has 0 aliphatic carbocycles. The maximum Gasteiger partial charge on any atom is 0.295 e. The van der Waals surface area contributed by atoms with E-state index in [0.29, 0.717) is 44.2 Å². The summed E-state index contributed by atoms with van der Waals surface area (Å²) in [4.78, 5) is 30.6. The molecule has 3 heterocycles. The number of Topliss-reactive ketones (excluding diaryl/α,β-unsaturated/α-hetero) is 1. The molecule has 2 fully saturated rings. The zero-order valence-corrected chi connectivity index (χ0v) is 22.2. The molecule has 1 amide bonds. The Kier molecular flexibility index (Phi) is 8.00. The molecule has 0 bridgehead atoms. The summed E-state index contributed by atoms with van der Waals surface area (Å²) in [7, 11) is 0. The van der Waals surface area contributed by atoms with Crippen molar-refractivity contribution in [3.8, 4) is 11.5 Å². The van der Waals surface area contributed by atoms with Gasteiger partial charge in [-0.05, 0) is 54.8 Å². The van der Waals surface area contributed by atoms with Crippen LogP contribution in [0.3, 0.4) is 0 Å². The van der Waals surface area contributed by atoms with Crippen LogP contribution < -0.4 is 9.47 Å². The van der Waals surface area contributed by atoms with Gasteiger partial charge in [0.25, 0.3) is 11.7 Å². The smallest absolute Gasteiger partial charge is 0.295 e. The van der Waals surface area contributed by atoms with Crippen molar-refractivity contribution in [3.05, 3.63) is 64.7 Å². The SMILES string of the molecule is CCCCOc1cccc([C@H]2/C(=C(\O)c3ccc4c(c3)C[C@H](C)O4)C(=O)C(=O)N2CCN2CCOCC2)c1. The van der Waals surface area contributed by atoms with E-state index in [4.69, 9.17) is 14.2 Å². The standard InChI is InChI=1S/C30H36N2O6/c1-3-4-14-37-24-7-5-6-21(19-24)27-26(28(33)22-8-9-25-23(18-22)17-20(2)38-25)29(34)30(35)32(27)11-10-31-12-15-36-16-13-31/h5-9,18-20,27,33H,3-4,10-17H2,1-2H3/b28-26+/t20-,27-/m0/s1. The second-order valence-corrected chi connectivity index (χ2v) is 10.2. The Bertz CT molecular complexity index is 1220. The minimum Gasteiger partial charge on any atom is -0.507 e. The van der Waals surface area contributed by atoms with E-state index in [1.165, 1.54) is 0 Å². The predicted molar refractivity (Wildman–Crippen MR) is 143 cm³/mol. The maximum atomic E-state index is 13.4. The first kappa shape index (κ1) is 26.3. The number of hydrogen-bond acceptors (Lipinski definition) is 7. The van der Waals surface area contributed by atoms with Crippen molar-refractivity contribution in [2.45, 2.75) is 45.3 Å². The molecule has 0 aromatic heterocycles. The second kappa shape index (κ2) is 11.6. The fourth-order valence-electron chi connectivity index (χ4n) is 5.36. The monoisotopic (exact) mass is 520 g/mol. The Labute approximate surface area is 223 Å². The van der Waals surface area contributed by atoms with E-state index in [1.54, 1.807) is 11.0 Å². The molecule has 8 heteroatoms. The van der Waals surface area contributed by atoms with Crippen LogP contribution in [-0.2, 0) is 20.7 Å². The molecule has 0 spiro atoms. The lowest BCUT2D eigenvalue weighted by atomic mass is 9.94. The molecule has 0 radical (unpaired) electrons. The van der Waals surface area contributed by atoms with Crippen molar-refractivity contribution in [2.24, 2.45) is 0 Å². The van der Waals surface area contributed by atoms with Crippen molar-refractivity contribution in [3.63, 3.8) is 0 Å². The number of rotatable bonds is 9. The van der Waals surface area contributed by atoms with Crippen LogP contribution in [0.15, 0.2) is 48.0 Å². The van der Waals surface area contributed by atoms with Gasteiger partial charge >= 0.3 is 0 Å². The van der Waals surface area contributed by atoms with E-state index in [0.717, 1.165) is 49.2 Å². The van der Waals surface area contributed by atoms with Crippen molar-refractivity contribution < 1.29 is 28.9 Å². The number of aliphatic hydroxyl groups excluding tert-OH is 1. The topological polar surface area (TPSA) is 88.5 Å². The highest BCUT2D eigenvalue weighted by molar-refractivity contribution is 6.46. The first-order valence-corrected chi connectivity index (χ1v) is 13.6. The molecule has 2 atom stereocenters. The van der Waals surface area contributed by atoms with Gasteiger partial charge in [0.05, 0.1) is 31.4 Å². The van der Waals surface area contributed by atoms with Gasteiger partial charge in [-0.15, -0.1) is 0 Å². The second-order valence-electron chi connectivity index (χ2n) is 10.2. The number of unbranched alkanes of at least 4 members (excludes halogenated alkanes) is 1. The minimum atomic E-state index is -0.714. The highest BCUT2D eigenvalue weighted by atomic mass is 16.5. The number of benzene rings is 2. The zero-order chi connectivity index (χ0) is 26.6. The molecular formula is C30H36N2O6. The van der Waals surface area contributed by atoms with Crippen molar-refractivity contribution in [1.82, 2.24) is 9.80 Å². The van der Waals surface area contributed by atoms with Gasteiger partial charge in [0.2, 0.25) is 0 Å². The summed E-state index contributed by atoms with van der Waals surface area (Å²) in [6.45, 7) is 8.54. The molecule has 38 heavy (non-hydrogen) atoms. The Morgan fingerprint density at radius 3 is 2.71 bits per heavy atom. The molecule has 3 aliphatic heterocycles. The fraction of sp³-hybridized carbons (Fsp3) is 0.467. The van der Waals surface area contributed by atoms with Crippen LogP contribution in [0.4, 0.5) is 0 Å². The number of ketones is 1. The van der Waals surface area contributed by atoms with E-state index in [9.17, 15) is 14.7 Å². The molecule has 1 N–H and O–H groups in total. The Morgan fingerprint density at radius 2 is 1.92 bits per heavy atom. The number of hydrogen-bond donors (Lipinski definition) is 1. The zero-order valence-electron chi connectivity index (χ0n) is 22.2. The summed E-state index contributed by atoms with van der Waals surface area (Å²) in [5.41, 5.74) is 2.33. The van der Waals surface area contributed by atoms with E-state index >= 15 is 0 Å². The Hall–Kier alpha value is -3.36. The summed E-state index contributed by atoms with van der Waals surface area (Å²) in [5.74, 6) is 0.0332. The summed E-state index contributed by atoms with van der Waals surface area (Å²) in [5, 5.41) is 11.5. The molecule has 202 valence electrons. The third kappa shape index (κ3) is 5.42. The lowest BCUT2D eigenvalue weighted by molar-refractivity contribution is -0.140. The average molecular weight is 521 g/mol. The van der Waals surface area contributed by atoms with E-state index in [-0.39, 0.29) is 17.4 Å². The fourth-order valence-corrected chi connectivity index (χ4v) is 5.36. The number of amides is 1. The Balaban J connectivity index is 1.51. The molecule has 8 nitrogen and oxygen atoms in total. The number of nitrogens with zero attached hydrogens (tertiary/aromatic N) is 2. The van der Waals surface area contributed by atoms with Crippen LogP contribution >= 0.6 is 0 Å². The Morgan fingerprint density at radius 1 is 1.11 bits per heavy atom. The van der Waals surface area contributed by atoms with Gasteiger partial charge in [-0.3, -0.25) is 14.5 Å². The van der Waals surface area contributed by atoms with Crippen LogP contribution in [0, 0.1) is 0 Å². The third-order valence-electron chi connectivity index (χ3n) is 7.41. The molecule has 0 unspecified atom stereocenters. The molecular weight excluding hydrogens is 484 g/mol. The average Bonchev–Trinajstić information content (AvgIpc) is 3.43. The van der Waals surface area contributed by atoms with Gasteiger partial charge in [0.1, 0.15) is 23.4 Å². The van der Waals surface area contributed by atoms with E-state index < -0.39 is 17.7 Å². The van der Waals surface area contributed by atoms with Crippen LogP contribution in [0.25, 0.3) is 5.76 Å². The molecule has 2 saturated heterocycles. The lowest BCUT2D eigenvalue weighted by Gasteiger charge is -2.31. The van der Waals surface area contributed by atoms with Crippen molar-refractivity contribution in [1.29, 1.82) is 0 Å². The highest BCUT2D eigenvalue weighted by Gasteiger charge is 2.46. The molecule has 3 aliphatic rings. The number of likely N-dealkylation sites (tertiary alicyclic amines) is 1. The quantitative estimate of drug-likeness (QED) is 0.232. The first-order valence-electron chi connectivity index (χ1n) is 13.6. The van der Waals surface area contributed by atoms with Gasteiger partial charge in [0, 0.05) is 38.2 Å². The molecule has 5 rings (SSSR count). The highest BCUT2D eigenvalue weighted by Crippen LogP contribution is 2.41. The number of fused-ring (bicyclic) bond motifs is 1. The third-order valence-corrected chi connectivity index (χ3v) is 7.41. The number of carbonyl (C=O) groups is 2. The summed E-state index contributed by atoms with van der Waals surface area (Å²) in [6.07, 6.45) is 2.74. The van der Waals surface area contributed by atoms with Crippen LogP contribution in [0.5, 0.6) is 11.5 Å². The summed E-state index contributed by atoms with van der Waals surface area (Å²) in [6, 6.07) is 12.2. The van der Waals surface area contributed by atoms with Gasteiger partial charge in [-0.2, -0.15) is 0 Å². The van der Waals surface area contributed by atoms with Crippen LogP contribution in [0.2, 0.25) is 0 Å². The predicted octanol–water partition coefficient (Wildman–Crippen LogP) is 3.94. The number of ether oxygens (including phenoxy) is 3. The normalized spacial score (nSPS) is 22.9.